The summed E-state index contributed by atoms with van der Waals surface area (Å²) in [5, 5.41) is 4.11. The molecule has 0 aliphatic rings. The van der Waals surface area contributed by atoms with Gasteiger partial charge in [-0.2, -0.15) is 5.10 Å². The van der Waals surface area contributed by atoms with Crippen LogP contribution in [-0.4, -0.2) is 38.7 Å². The summed E-state index contributed by atoms with van der Waals surface area (Å²) in [6.07, 6.45) is 3.55. The molecular weight excluding hydrogens is 268 g/mol. The molecule has 0 saturated carbocycles. The first kappa shape index (κ1) is 15.0. The van der Waals surface area contributed by atoms with E-state index in [9.17, 15) is 9.59 Å². The Hall–Kier alpha value is -2.37. The predicted octanol–water partition coefficient (Wildman–Crippen LogP) is 1.35. The Balaban J connectivity index is 2.18. The van der Waals surface area contributed by atoms with Gasteiger partial charge in [0.15, 0.2) is 0 Å². The van der Waals surface area contributed by atoms with Crippen LogP contribution in [0.1, 0.15) is 28.5 Å². The number of aryl methyl sites for hydroxylation is 2. The van der Waals surface area contributed by atoms with Crippen molar-refractivity contribution in [3.8, 4) is 0 Å². The average Bonchev–Trinajstić information content (AvgIpc) is 2.91. The fraction of sp³-hybridized carbons (Fsp3) is 0.400. The number of aromatic nitrogens is 3. The molecule has 112 valence electrons. The van der Waals surface area contributed by atoms with Crippen molar-refractivity contribution in [3.63, 3.8) is 0 Å². The zero-order chi connectivity index (χ0) is 15.4. The second kappa shape index (κ2) is 6.39. The summed E-state index contributed by atoms with van der Waals surface area (Å²) in [7, 11) is 0. The topological polar surface area (TPSA) is 71.0 Å². The molecule has 0 atom stereocenters. The van der Waals surface area contributed by atoms with Gasteiger partial charge in [-0.3, -0.25) is 14.3 Å². The third kappa shape index (κ3) is 3.39. The van der Waals surface area contributed by atoms with Gasteiger partial charge in [-0.1, -0.05) is 0 Å². The minimum Gasteiger partial charge on any atom is -0.337 e. The highest BCUT2D eigenvalue weighted by Crippen LogP contribution is 2.07. The van der Waals surface area contributed by atoms with Gasteiger partial charge in [-0.25, -0.2) is 0 Å². The van der Waals surface area contributed by atoms with Crippen molar-refractivity contribution in [2.45, 2.75) is 27.3 Å². The fourth-order valence-corrected chi connectivity index (χ4v) is 2.34. The number of carbonyl (C=O) groups is 1. The summed E-state index contributed by atoms with van der Waals surface area (Å²) < 4.78 is 1.77. The number of rotatable bonds is 5. The summed E-state index contributed by atoms with van der Waals surface area (Å²) >= 11 is 0. The second-order valence-electron chi connectivity index (χ2n) is 4.99. The van der Waals surface area contributed by atoms with E-state index in [4.69, 9.17) is 0 Å². The van der Waals surface area contributed by atoms with E-state index < -0.39 is 0 Å². The lowest BCUT2D eigenvalue weighted by molar-refractivity contribution is 0.0754. The zero-order valence-electron chi connectivity index (χ0n) is 12.6. The van der Waals surface area contributed by atoms with Crippen LogP contribution in [0.3, 0.4) is 0 Å². The number of pyridine rings is 1. The number of aromatic amines is 1. The monoisotopic (exact) mass is 288 g/mol. The molecule has 2 heterocycles. The van der Waals surface area contributed by atoms with Crippen molar-refractivity contribution in [2.75, 3.05) is 13.1 Å². The Bertz CT molecular complexity index is 673. The van der Waals surface area contributed by atoms with Crippen molar-refractivity contribution in [3.05, 3.63) is 51.7 Å². The van der Waals surface area contributed by atoms with E-state index in [0.717, 1.165) is 5.69 Å². The second-order valence-corrected chi connectivity index (χ2v) is 4.99. The molecular formula is C15H20N4O2. The maximum absolute atomic E-state index is 12.6. The smallest absolute Gasteiger partial charge is 0.261 e. The van der Waals surface area contributed by atoms with E-state index >= 15 is 0 Å². The van der Waals surface area contributed by atoms with Crippen molar-refractivity contribution < 1.29 is 4.79 Å². The Morgan fingerprint density at radius 1 is 1.43 bits per heavy atom. The summed E-state index contributed by atoms with van der Waals surface area (Å²) in [4.78, 5) is 28.9. The van der Waals surface area contributed by atoms with Crippen LogP contribution >= 0.6 is 0 Å². The minimum atomic E-state index is -0.324. The lowest BCUT2D eigenvalue weighted by Gasteiger charge is -2.21. The number of nitrogens with zero attached hydrogens (tertiary/aromatic N) is 3. The first-order valence-corrected chi connectivity index (χ1v) is 7.00. The van der Waals surface area contributed by atoms with Gasteiger partial charge in [0.1, 0.15) is 5.56 Å². The molecule has 0 aromatic carbocycles. The molecule has 0 fully saturated rings. The molecule has 0 aliphatic heterocycles. The van der Waals surface area contributed by atoms with E-state index in [1.165, 1.54) is 0 Å². The van der Waals surface area contributed by atoms with E-state index in [1.807, 2.05) is 25.3 Å². The van der Waals surface area contributed by atoms with Crippen LogP contribution in [0.15, 0.2) is 29.3 Å². The van der Waals surface area contributed by atoms with Crippen LogP contribution in [0.4, 0.5) is 0 Å². The van der Waals surface area contributed by atoms with Crippen LogP contribution in [0.2, 0.25) is 0 Å². The van der Waals surface area contributed by atoms with Crippen molar-refractivity contribution in [1.29, 1.82) is 0 Å². The molecule has 2 aromatic heterocycles. The number of hydrogen-bond donors (Lipinski definition) is 1. The Labute approximate surface area is 123 Å². The first-order chi connectivity index (χ1) is 10.0. The van der Waals surface area contributed by atoms with Gasteiger partial charge in [-0.15, -0.1) is 0 Å². The van der Waals surface area contributed by atoms with Crippen LogP contribution in [0.5, 0.6) is 0 Å². The molecule has 0 unspecified atom stereocenters. The fourth-order valence-electron chi connectivity index (χ4n) is 2.34. The molecule has 21 heavy (non-hydrogen) atoms. The lowest BCUT2D eigenvalue weighted by Crippen LogP contribution is -2.37. The first-order valence-electron chi connectivity index (χ1n) is 7.00. The summed E-state index contributed by atoms with van der Waals surface area (Å²) in [5.41, 5.74) is 1.37. The van der Waals surface area contributed by atoms with Crippen molar-refractivity contribution >= 4 is 5.91 Å². The average molecular weight is 288 g/mol. The lowest BCUT2D eigenvalue weighted by atomic mass is 10.1. The van der Waals surface area contributed by atoms with Gasteiger partial charge in [0.2, 0.25) is 0 Å². The highest BCUT2D eigenvalue weighted by molar-refractivity contribution is 5.95. The summed E-state index contributed by atoms with van der Waals surface area (Å²) in [6.45, 7) is 7.17. The van der Waals surface area contributed by atoms with Gasteiger partial charge in [-0.05, 0) is 38.5 Å². The maximum atomic E-state index is 12.6. The van der Waals surface area contributed by atoms with Gasteiger partial charge < -0.3 is 9.88 Å². The number of hydrogen-bond acceptors (Lipinski definition) is 3. The molecule has 6 nitrogen and oxygen atoms in total. The minimum absolute atomic E-state index is 0.225. The van der Waals surface area contributed by atoms with Crippen LogP contribution in [0.25, 0.3) is 0 Å². The van der Waals surface area contributed by atoms with E-state index in [1.54, 1.807) is 29.6 Å². The molecule has 0 bridgehead atoms. The van der Waals surface area contributed by atoms with E-state index in [2.05, 4.69) is 10.1 Å². The third-order valence-electron chi connectivity index (χ3n) is 3.41. The maximum Gasteiger partial charge on any atom is 0.261 e. The molecule has 2 aromatic rings. The van der Waals surface area contributed by atoms with Crippen LogP contribution in [-0.2, 0) is 6.54 Å². The quantitative estimate of drug-likeness (QED) is 0.902. The molecule has 0 saturated heterocycles. The van der Waals surface area contributed by atoms with Gasteiger partial charge >= 0.3 is 0 Å². The highest BCUT2D eigenvalue weighted by atomic mass is 16.2. The number of amides is 1. The molecule has 2 rings (SSSR count). The van der Waals surface area contributed by atoms with Gasteiger partial charge in [0, 0.05) is 31.2 Å². The summed E-state index contributed by atoms with van der Waals surface area (Å²) in [5.74, 6) is -0.233. The predicted molar refractivity (Wildman–Crippen MR) is 80.3 cm³/mol. The molecule has 1 amide bonds. The van der Waals surface area contributed by atoms with Crippen LogP contribution < -0.4 is 5.56 Å². The highest BCUT2D eigenvalue weighted by Gasteiger charge is 2.20. The molecule has 6 heteroatoms. The Morgan fingerprint density at radius 3 is 2.76 bits per heavy atom. The normalized spacial score (nSPS) is 10.6. The third-order valence-corrected chi connectivity index (χ3v) is 3.41. The van der Waals surface area contributed by atoms with Gasteiger partial charge in [0.05, 0.1) is 6.54 Å². The number of H-pyrrole nitrogens is 1. The van der Waals surface area contributed by atoms with Crippen molar-refractivity contribution in [2.24, 2.45) is 0 Å². The molecule has 0 radical (unpaired) electrons. The van der Waals surface area contributed by atoms with Gasteiger partial charge in [0.25, 0.3) is 11.5 Å². The zero-order valence-corrected chi connectivity index (χ0v) is 12.6. The number of nitrogens with one attached hydrogen (secondary N) is 1. The summed E-state index contributed by atoms with van der Waals surface area (Å²) in [6, 6.07) is 3.66. The molecule has 1 N–H and O–H groups in total. The SMILES string of the molecule is CCN(CCn1cccn1)C(=O)c1c(C)cc(C)[nH]c1=O. The Morgan fingerprint density at radius 2 is 2.19 bits per heavy atom. The van der Waals surface area contributed by atoms with Crippen LogP contribution in [0, 0.1) is 13.8 Å². The number of carbonyl (C=O) groups excluding carboxylic acids is 1. The van der Waals surface area contributed by atoms with Crippen molar-refractivity contribution in [1.82, 2.24) is 19.7 Å². The largest absolute Gasteiger partial charge is 0.337 e. The standard InChI is InChI=1S/C15H20N4O2/c1-4-18(8-9-19-7-5-6-16-19)15(21)13-11(2)10-12(3)17-14(13)20/h5-7,10H,4,8-9H2,1-3H3,(H,17,20). The molecule has 0 spiro atoms. The number of likely N-dealkylation sites (N-methyl/N-ethyl adjacent to an activating group) is 1. The Kier molecular flexibility index (Phi) is 4.57. The molecule has 0 aliphatic carbocycles. The van der Waals surface area contributed by atoms with E-state index in [0.29, 0.717) is 25.2 Å². The van der Waals surface area contributed by atoms with E-state index in [-0.39, 0.29) is 17.0 Å².